The first-order chi connectivity index (χ1) is 12.9. The zero-order valence-electron chi connectivity index (χ0n) is 14.2. The van der Waals surface area contributed by atoms with Gasteiger partial charge in [-0.05, 0) is 125 Å². The van der Waals surface area contributed by atoms with Crippen molar-refractivity contribution in [2.75, 3.05) is 0 Å². The summed E-state index contributed by atoms with van der Waals surface area (Å²) >= 11 is 0. The van der Waals surface area contributed by atoms with Gasteiger partial charge in [0.25, 0.3) is 0 Å². The van der Waals surface area contributed by atoms with E-state index in [1.165, 1.54) is 0 Å². The van der Waals surface area contributed by atoms with Crippen LogP contribution in [0.3, 0.4) is 0 Å². The summed E-state index contributed by atoms with van der Waals surface area (Å²) in [5, 5.41) is 0. The molecular formula is C26H16. The molecule has 20 radical (unpaired) electrons. The van der Waals surface area contributed by atoms with Crippen LogP contribution in [0.1, 0.15) is 0 Å². The monoisotopic (exact) mass is 328 g/mol. The Bertz CT molecular complexity index is 536. The zero-order chi connectivity index (χ0) is 17.6. The molecule has 0 spiro atoms. The summed E-state index contributed by atoms with van der Waals surface area (Å²) in [6.07, 6.45) is 32.9. The lowest BCUT2D eigenvalue weighted by Crippen LogP contribution is -2.05. The summed E-state index contributed by atoms with van der Waals surface area (Å²) in [5.74, 6) is 4.51. The second-order valence-corrected chi connectivity index (χ2v) is 5.94. The van der Waals surface area contributed by atoms with E-state index >= 15 is 0 Å². The number of rotatable bonds is 4. The Morgan fingerprint density at radius 1 is 0.385 bits per heavy atom. The van der Waals surface area contributed by atoms with Gasteiger partial charge in [0.1, 0.15) is 0 Å². The van der Waals surface area contributed by atoms with Gasteiger partial charge in [-0.25, -0.2) is 0 Å². The number of allylic oxidation sites excluding steroid dienone is 2. The van der Waals surface area contributed by atoms with Crippen molar-refractivity contribution < 1.29 is 0 Å². The predicted octanol–water partition coefficient (Wildman–Crippen LogP) is 4.52. The van der Waals surface area contributed by atoms with Crippen molar-refractivity contribution in [3.05, 3.63) is 160 Å². The Labute approximate surface area is 160 Å². The molecule has 4 aliphatic rings. The molecule has 0 unspecified atom stereocenters. The summed E-state index contributed by atoms with van der Waals surface area (Å²) in [4.78, 5) is 0. The molecule has 120 valence electrons. The molecule has 0 nitrogen and oxygen atoms in total. The Morgan fingerprint density at radius 2 is 0.615 bits per heavy atom. The minimum atomic E-state index is 1.01. The maximum absolute atomic E-state index is 3.25. The Morgan fingerprint density at radius 3 is 0.846 bits per heavy atom. The third kappa shape index (κ3) is 4.39. The average Bonchev–Trinajstić information content (AvgIpc) is 3.46. The van der Waals surface area contributed by atoms with E-state index in [9.17, 15) is 0 Å². The second-order valence-electron chi connectivity index (χ2n) is 5.94. The van der Waals surface area contributed by atoms with Crippen LogP contribution in [0.2, 0.25) is 0 Å². The molecule has 0 N–H and O–H groups in total. The van der Waals surface area contributed by atoms with Gasteiger partial charge in [-0.3, -0.25) is 0 Å². The molecule has 4 aliphatic carbocycles. The second kappa shape index (κ2) is 9.18. The summed E-state index contributed by atoms with van der Waals surface area (Å²) in [6, 6.07) is 0. The fourth-order valence-corrected chi connectivity index (χ4v) is 2.97. The fourth-order valence-electron chi connectivity index (χ4n) is 2.97. The molecule has 0 aromatic carbocycles. The van der Waals surface area contributed by atoms with Crippen LogP contribution >= 0.6 is 0 Å². The van der Waals surface area contributed by atoms with Crippen LogP contribution in [0, 0.1) is 126 Å². The Hall–Kier alpha value is -1.14. The quantitative estimate of drug-likeness (QED) is 0.666. The molecule has 0 heteroatoms. The lowest BCUT2D eigenvalue weighted by atomic mass is 9.86. The molecule has 0 saturated heterocycles. The van der Waals surface area contributed by atoms with Gasteiger partial charge in [0.15, 0.2) is 0 Å². The highest BCUT2D eigenvalue weighted by Crippen LogP contribution is 2.41. The summed E-state index contributed by atoms with van der Waals surface area (Å²) < 4.78 is 0. The lowest BCUT2D eigenvalue weighted by Gasteiger charge is -2.16. The van der Waals surface area contributed by atoms with Gasteiger partial charge >= 0.3 is 0 Å². The molecule has 26 heavy (non-hydrogen) atoms. The van der Waals surface area contributed by atoms with Crippen LogP contribution in [0.5, 0.6) is 0 Å². The molecule has 0 atom stereocenters. The van der Waals surface area contributed by atoms with Crippen LogP contribution in [0.25, 0.3) is 0 Å². The molecule has 4 fully saturated rings. The highest BCUT2D eigenvalue weighted by atomic mass is 14.3. The van der Waals surface area contributed by atoms with Gasteiger partial charge in [0.05, 0.1) is 0 Å². The van der Waals surface area contributed by atoms with Crippen molar-refractivity contribution in [1.82, 2.24) is 0 Å². The molecule has 0 aromatic heterocycles. The van der Waals surface area contributed by atoms with E-state index in [2.05, 4.69) is 74.3 Å². The Kier molecular flexibility index (Phi) is 6.44. The minimum Gasteiger partial charge on any atom is -0.0604 e. The normalized spacial score (nSPS) is 25.1. The largest absolute Gasteiger partial charge is 0.0604 e. The van der Waals surface area contributed by atoms with Crippen LogP contribution in [0.15, 0.2) is 34.1 Å². The SMILES string of the molecule is C(=C=C=C([C]1[CH][CH][CH][CH]1)[C]1[CH][CH][CH][CH]1)=C=C([C]1[CH][CH][CH][CH]1)[C]1[CH][CH][CH][CH]1. The van der Waals surface area contributed by atoms with Gasteiger partial charge in [-0.2, -0.15) is 0 Å². The van der Waals surface area contributed by atoms with Crippen LogP contribution < -0.4 is 0 Å². The van der Waals surface area contributed by atoms with E-state index in [0.29, 0.717) is 0 Å². The van der Waals surface area contributed by atoms with E-state index in [4.69, 9.17) is 0 Å². The first-order valence-electron chi connectivity index (χ1n) is 8.56. The van der Waals surface area contributed by atoms with Gasteiger partial charge < -0.3 is 0 Å². The molecular weight excluding hydrogens is 312 g/mol. The number of hydrogen-bond donors (Lipinski definition) is 0. The first kappa shape index (κ1) is 18.2. The molecule has 0 heterocycles. The topological polar surface area (TPSA) is 0 Å². The van der Waals surface area contributed by atoms with Crippen molar-refractivity contribution in [2.24, 2.45) is 0 Å². The van der Waals surface area contributed by atoms with Crippen LogP contribution in [-0.4, -0.2) is 0 Å². The van der Waals surface area contributed by atoms with Gasteiger partial charge in [0, 0.05) is 23.7 Å². The number of hydrogen-bond acceptors (Lipinski definition) is 0. The van der Waals surface area contributed by atoms with Crippen LogP contribution in [0.4, 0.5) is 0 Å². The molecule has 0 amide bonds. The van der Waals surface area contributed by atoms with Gasteiger partial charge in [-0.1, -0.05) is 11.5 Å². The third-order valence-corrected chi connectivity index (χ3v) is 4.24. The van der Waals surface area contributed by atoms with E-state index in [1.807, 2.05) is 51.4 Å². The molecule has 4 rings (SSSR count). The smallest absolute Gasteiger partial charge is 0.0175 e. The standard InChI is InChI=1S/C26H16/c1-2-12-21(11-1)25(22-13-3-4-14-22)19-9-10-20-26(23-15-5-6-16-23)24-17-7-8-18-24/h1-8,11-18H. The highest BCUT2D eigenvalue weighted by molar-refractivity contribution is 5.62. The Balaban J connectivity index is 1.67. The predicted molar refractivity (Wildman–Crippen MR) is 103 cm³/mol. The molecule has 4 saturated carbocycles. The summed E-state index contributed by atoms with van der Waals surface area (Å²) in [6.45, 7) is 0. The van der Waals surface area contributed by atoms with Crippen molar-refractivity contribution in [1.29, 1.82) is 0 Å². The van der Waals surface area contributed by atoms with Crippen molar-refractivity contribution in [3.63, 3.8) is 0 Å². The van der Waals surface area contributed by atoms with E-state index in [1.54, 1.807) is 0 Å². The van der Waals surface area contributed by atoms with Crippen molar-refractivity contribution >= 4 is 0 Å². The molecule has 0 bridgehead atoms. The lowest BCUT2D eigenvalue weighted by molar-refractivity contribution is 1.16. The average molecular weight is 328 g/mol. The van der Waals surface area contributed by atoms with Gasteiger partial charge in [-0.15, -0.1) is 0 Å². The zero-order valence-corrected chi connectivity index (χ0v) is 14.2. The molecule has 0 aromatic rings. The maximum Gasteiger partial charge on any atom is 0.0175 e. The van der Waals surface area contributed by atoms with Crippen LogP contribution in [-0.2, 0) is 0 Å². The third-order valence-electron chi connectivity index (χ3n) is 4.24. The van der Waals surface area contributed by atoms with E-state index < -0.39 is 0 Å². The van der Waals surface area contributed by atoms with Gasteiger partial charge in [0.2, 0.25) is 0 Å². The maximum atomic E-state index is 3.25. The van der Waals surface area contributed by atoms with E-state index in [-0.39, 0.29) is 0 Å². The highest BCUT2D eigenvalue weighted by Gasteiger charge is 2.31. The van der Waals surface area contributed by atoms with Crippen molar-refractivity contribution in [2.45, 2.75) is 0 Å². The summed E-state index contributed by atoms with van der Waals surface area (Å²) in [7, 11) is 0. The summed E-state index contributed by atoms with van der Waals surface area (Å²) in [5.41, 5.74) is 14.6. The fraction of sp³-hybridized carbons (Fsp3) is 0. The van der Waals surface area contributed by atoms with Crippen molar-refractivity contribution in [3.8, 4) is 0 Å². The molecule has 0 aliphatic heterocycles. The van der Waals surface area contributed by atoms with E-state index in [0.717, 1.165) is 34.8 Å². The first-order valence-corrected chi connectivity index (χ1v) is 8.56. The minimum absolute atomic E-state index is 1.01.